The van der Waals surface area contributed by atoms with Gasteiger partial charge in [0.1, 0.15) is 5.01 Å². The molecule has 0 aliphatic rings. The Balaban J connectivity index is 2.23. The fraction of sp³-hybridized carbons (Fsp3) is 0.333. The largest absolute Gasteiger partial charge is 0.399 e. The van der Waals surface area contributed by atoms with Crippen molar-refractivity contribution in [2.75, 3.05) is 5.73 Å². The molecule has 1 atom stereocenters. The summed E-state index contributed by atoms with van der Waals surface area (Å²) in [5, 5.41) is 3.93. The third-order valence-electron chi connectivity index (χ3n) is 3.14. The third kappa shape index (κ3) is 3.57. The summed E-state index contributed by atoms with van der Waals surface area (Å²) in [6, 6.07) is 7.62. The first kappa shape index (κ1) is 14.5. The Kier molecular flexibility index (Phi) is 4.39. The van der Waals surface area contributed by atoms with E-state index in [0.29, 0.717) is 6.42 Å². The molecule has 0 spiro atoms. The lowest BCUT2D eigenvalue weighted by molar-refractivity contribution is -0.119. The highest BCUT2D eigenvalue weighted by molar-refractivity contribution is 7.11. The van der Waals surface area contributed by atoms with Gasteiger partial charge in [-0.15, -0.1) is 11.3 Å². The Morgan fingerprint density at radius 2 is 2.00 bits per heavy atom. The van der Waals surface area contributed by atoms with Crippen LogP contribution in [-0.4, -0.2) is 10.9 Å². The number of amides is 1. The molecule has 5 heteroatoms. The zero-order valence-electron chi connectivity index (χ0n) is 11.9. The molecule has 0 unspecified atom stereocenters. The van der Waals surface area contributed by atoms with E-state index in [1.54, 1.807) is 11.3 Å². The van der Waals surface area contributed by atoms with Crippen molar-refractivity contribution in [3.63, 3.8) is 0 Å². The summed E-state index contributed by atoms with van der Waals surface area (Å²) in [7, 11) is 0. The molecule has 1 amide bonds. The number of aromatic nitrogens is 1. The zero-order valence-corrected chi connectivity index (χ0v) is 12.8. The van der Waals surface area contributed by atoms with Gasteiger partial charge in [0.05, 0.1) is 11.7 Å². The van der Waals surface area contributed by atoms with Crippen molar-refractivity contribution in [3.8, 4) is 0 Å². The van der Waals surface area contributed by atoms with Crippen LogP contribution in [0.1, 0.15) is 34.1 Å². The smallest absolute Gasteiger partial charge is 0.217 e. The molecule has 106 valence electrons. The summed E-state index contributed by atoms with van der Waals surface area (Å²) in [5.74, 6) is -0.0454. The molecule has 0 fully saturated rings. The fourth-order valence-electron chi connectivity index (χ4n) is 1.98. The first-order chi connectivity index (χ1) is 9.45. The number of carbonyl (C=O) groups is 1. The quantitative estimate of drug-likeness (QED) is 0.850. The normalized spacial score (nSPS) is 12.2. The number of rotatable bonds is 4. The van der Waals surface area contributed by atoms with Crippen LogP contribution in [0.2, 0.25) is 0 Å². The molecule has 0 radical (unpaired) electrons. The number of nitrogen functional groups attached to an aromatic ring is 1. The maximum Gasteiger partial charge on any atom is 0.217 e. The number of thiazole rings is 1. The van der Waals surface area contributed by atoms with Gasteiger partial charge in [0.25, 0.3) is 0 Å². The average molecular weight is 289 g/mol. The van der Waals surface area contributed by atoms with Crippen molar-refractivity contribution in [2.24, 2.45) is 0 Å². The minimum absolute atomic E-state index is 0.0454. The van der Waals surface area contributed by atoms with E-state index in [9.17, 15) is 4.79 Å². The van der Waals surface area contributed by atoms with Crippen molar-refractivity contribution >= 4 is 22.9 Å². The molecule has 1 aromatic heterocycles. The number of benzene rings is 1. The summed E-state index contributed by atoms with van der Waals surface area (Å²) in [5.41, 5.74) is 8.59. The third-order valence-corrected chi connectivity index (χ3v) is 4.33. The predicted molar refractivity (Wildman–Crippen MR) is 82.7 cm³/mol. The van der Waals surface area contributed by atoms with Crippen LogP contribution in [0.5, 0.6) is 0 Å². The molecular formula is C15H19N3OS. The van der Waals surface area contributed by atoms with E-state index in [1.165, 1.54) is 11.8 Å². The Morgan fingerprint density at radius 3 is 2.50 bits per heavy atom. The highest BCUT2D eigenvalue weighted by Gasteiger charge is 2.18. The van der Waals surface area contributed by atoms with E-state index in [-0.39, 0.29) is 11.9 Å². The van der Waals surface area contributed by atoms with Crippen molar-refractivity contribution in [1.29, 1.82) is 0 Å². The van der Waals surface area contributed by atoms with E-state index in [2.05, 4.69) is 10.3 Å². The SMILES string of the molecule is CC(=O)N[C@@H](Cc1ccc(N)cc1)c1nc(C)c(C)s1. The van der Waals surface area contributed by atoms with Crippen molar-refractivity contribution in [1.82, 2.24) is 10.3 Å². The van der Waals surface area contributed by atoms with Crippen LogP contribution in [0.3, 0.4) is 0 Å². The molecule has 2 aromatic rings. The summed E-state index contributed by atoms with van der Waals surface area (Å²) < 4.78 is 0. The topological polar surface area (TPSA) is 68.0 Å². The molecule has 3 N–H and O–H groups in total. The first-order valence-corrected chi connectivity index (χ1v) is 7.33. The number of nitrogens with zero attached hydrogens (tertiary/aromatic N) is 1. The highest BCUT2D eigenvalue weighted by Crippen LogP contribution is 2.25. The van der Waals surface area contributed by atoms with Gasteiger partial charge in [0, 0.05) is 17.5 Å². The van der Waals surface area contributed by atoms with Gasteiger partial charge in [-0.25, -0.2) is 4.98 Å². The van der Waals surface area contributed by atoms with Crippen LogP contribution >= 0.6 is 11.3 Å². The van der Waals surface area contributed by atoms with Gasteiger partial charge < -0.3 is 11.1 Å². The molecule has 4 nitrogen and oxygen atoms in total. The monoisotopic (exact) mass is 289 g/mol. The lowest BCUT2D eigenvalue weighted by Crippen LogP contribution is -2.27. The van der Waals surface area contributed by atoms with E-state index in [0.717, 1.165) is 22.0 Å². The lowest BCUT2D eigenvalue weighted by atomic mass is 10.1. The van der Waals surface area contributed by atoms with Gasteiger partial charge in [-0.3, -0.25) is 4.79 Å². The second-order valence-electron chi connectivity index (χ2n) is 4.89. The first-order valence-electron chi connectivity index (χ1n) is 6.51. The molecule has 0 aliphatic heterocycles. The number of nitrogens with two attached hydrogens (primary N) is 1. The van der Waals surface area contributed by atoms with Gasteiger partial charge in [-0.2, -0.15) is 0 Å². The average Bonchev–Trinajstić information content (AvgIpc) is 2.71. The lowest BCUT2D eigenvalue weighted by Gasteiger charge is -2.15. The fourth-order valence-corrected chi connectivity index (χ4v) is 2.96. The molecule has 2 rings (SSSR count). The van der Waals surface area contributed by atoms with Crippen molar-refractivity contribution in [3.05, 3.63) is 45.4 Å². The molecule has 1 heterocycles. The number of aryl methyl sites for hydroxylation is 2. The molecule has 20 heavy (non-hydrogen) atoms. The van der Waals surface area contributed by atoms with Crippen LogP contribution in [0, 0.1) is 13.8 Å². The predicted octanol–water partition coefficient (Wildman–Crippen LogP) is 2.76. The Bertz CT molecular complexity index is 585. The van der Waals surface area contributed by atoms with Crippen LogP contribution in [0.15, 0.2) is 24.3 Å². The molecule has 0 saturated carbocycles. The van der Waals surface area contributed by atoms with Gasteiger partial charge in [-0.05, 0) is 38.0 Å². The van der Waals surface area contributed by atoms with Crippen LogP contribution in [-0.2, 0) is 11.2 Å². The Hall–Kier alpha value is -1.88. The minimum atomic E-state index is -0.0893. The second-order valence-corrected chi connectivity index (χ2v) is 6.13. The Morgan fingerprint density at radius 1 is 1.35 bits per heavy atom. The van der Waals surface area contributed by atoms with Gasteiger partial charge in [-0.1, -0.05) is 12.1 Å². The van der Waals surface area contributed by atoms with E-state index >= 15 is 0 Å². The molecule has 1 aromatic carbocycles. The van der Waals surface area contributed by atoms with Crippen LogP contribution in [0.25, 0.3) is 0 Å². The number of hydrogen-bond donors (Lipinski definition) is 2. The number of nitrogens with one attached hydrogen (secondary N) is 1. The van der Waals surface area contributed by atoms with Gasteiger partial charge in [0.2, 0.25) is 5.91 Å². The van der Waals surface area contributed by atoms with Crippen LogP contribution in [0.4, 0.5) is 5.69 Å². The summed E-state index contributed by atoms with van der Waals surface area (Å²) in [4.78, 5) is 17.2. The summed E-state index contributed by atoms with van der Waals surface area (Å²) in [6.07, 6.45) is 0.715. The minimum Gasteiger partial charge on any atom is -0.399 e. The van der Waals surface area contributed by atoms with Gasteiger partial charge in [0.15, 0.2) is 0 Å². The van der Waals surface area contributed by atoms with E-state index < -0.39 is 0 Å². The van der Waals surface area contributed by atoms with Gasteiger partial charge >= 0.3 is 0 Å². The van der Waals surface area contributed by atoms with Crippen LogP contribution < -0.4 is 11.1 Å². The molecule has 0 bridgehead atoms. The summed E-state index contributed by atoms with van der Waals surface area (Å²) in [6.45, 7) is 5.57. The molecule has 0 saturated heterocycles. The van der Waals surface area contributed by atoms with E-state index in [4.69, 9.17) is 5.73 Å². The molecular weight excluding hydrogens is 270 g/mol. The standard InChI is InChI=1S/C15H19N3OS/c1-9-10(2)20-15(17-9)14(18-11(3)19)8-12-4-6-13(16)7-5-12/h4-7,14H,8,16H2,1-3H3,(H,18,19)/t14-/m0/s1. The summed E-state index contributed by atoms with van der Waals surface area (Å²) >= 11 is 1.64. The highest BCUT2D eigenvalue weighted by atomic mass is 32.1. The zero-order chi connectivity index (χ0) is 14.7. The number of carbonyl (C=O) groups excluding carboxylic acids is 1. The molecule has 0 aliphatic carbocycles. The van der Waals surface area contributed by atoms with E-state index in [1.807, 2.05) is 38.1 Å². The Labute approximate surface area is 123 Å². The number of anilines is 1. The maximum absolute atomic E-state index is 11.4. The van der Waals surface area contributed by atoms with Crippen molar-refractivity contribution in [2.45, 2.75) is 33.2 Å². The number of hydrogen-bond acceptors (Lipinski definition) is 4. The second kappa shape index (κ2) is 6.05. The van der Waals surface area contributed by atoms with Crippen molar-refractivity contribution < 1.29 is 4.79 Å². The maximum atomic E-state index is 11.4.